The fraction of sp³-hybridized carbons (Fsp3) is 0.200. The second-order valence-corrected chi connectivity index (χ2v) is 3.94. The number of carbonyl (C=O) groups is 2. The molecule has 2 N–H and O–H groups in total. The third-order valence-corrected chi connectivity index (χ3v) is 2.29. The Bertz CT molecular complexity index is 423. The van der Waals surface area contributed by atoms with Crippen LogP contribution >= 0.6 is 15.9 Å². The minimum atomic E-state index is -1.02. The Morgan fingerprint density at radius 2 is 2.12 bits per heavy atom. The van der Waals surface area contributed by atoms with E-state index < -0.39 is 17.7 Å². The average molecular weight is 290 g/mol. The van der Waals surface area contributed by atoms with E-state index in [4.69, 9.17) is 5.11 Å². The van der Waals surface area contributed by atoms with Crippen molar-refractivity contribution in [1.82, 2.24) is 5.32 Å². The Kier molecular flexibility index (Phi) is 4.42. The van der Waals surface area contributed by atoms with Gasteiger partial charge in [-0.25, -0.2) is 4.39 Å². The predicted octanol–water partition coefficient (Wildman–Crippen LogP) is 1.79. The Labute approximate surface area is 99.6 Å². The van der Waals surface area contributed by atoms with E-state index in [9.17, 15) is 14.0 Å². The molecule has 0 aliphatic heterocycles. The van der Waals surface area contributed by atoms with Crippen LogP contribution in [0.25, 0.3) is 0 Å². The maximum Gasteiger partial charge on any atom is 0.305 e. The van der Waals surface area contributed by atoms with Crippen LogP contribution in [0.5, 0.6) is 0 Å². The summed E-state index contributed by atoms with van der Waals surface area (Å²) >= 11 is 3.07. The van der Waals surface area contributed by atoms with Crippen LogP contribution < -0.4 is 5.32 Å². The summed E-state index contributed by atoms with van der Waals surface area (Å²) in [5.41, 5.74) is -0.103. The lowest BCUT2D eigenvalue weighted by Crippen LogP contribution is -2.26. The van der Waals surface area contributed by atoms with Gasteiger partial charge in [-0.3, -0.25) is 9.59 Å². The molecule has 0 aliphatic carbocycles. The third kappa shape index (κ3) is 3.62. The van der Waals surface area contributed by atoms with E-state index in [0.29, 0.717) is 4.47 Å². The number of carboxylic acid groups (broad SMARTS) is 1. The molecule has 4 nitrogen and oxygen atoms in total. The third-order valence-electron chi connectivity index (χ3n) is 1.80. The molecule has 1 amide bonds. The van der Waals surface area contributed by atoms with Crippen molar-refractivity contribution in [2.45, 2.75) is 6.42 Å². The molecule has 0 bridgehead atoms. The van der Waals surface area contributed by atoms with Gasteiger partial charge in [-0.15, -0.1) is 0 Å². The van der Waals surface area contributed by atoms with E-state index in [1.807, 2.05) is 0 Å². The van der Waals surface area contributed by atoms with Crippen molar-refractivity contribution in [3.05, 3.63) is 34.1 Å². The van der Waals surface area contributed by atoms with Gasteiger partial charge in [0, 0.05) is 11.0 Å². The summed E-state index contributed by atoms with van der Waals surface area (Å²) in [6, 6.07) is 4.04. The molecule has 0 aliphatic rings. The molecule has 0 heterocycles. The lowest BCUT2D eigenvalue weighted by Gasteiger charge is -2.04. The summed E-state index contributed by atoms with van der Waals surface area (Å²) in [6.45, 7) is -0.0241. The summed E-state index contributed by atoms with van der Waals surface area (Å²) < 4.78 is 13.8. The first-order chi connectivity index (χ1) is 7.50. The van der Waals surface area contributed by atoms with Crippen molar-refractivity contribution in [2.24, 2.45) is 0 Å². The Morgan fingerprint density at radius 1 is 1.44 bits per heavy atom. The van der Waals surface area contributed by atoms with Crippen LogP contribution in [0, 0.1) is 5.82 Å². The molecule has 0 aromatic heterocycles. The summed E-state index contributed by atoms with van der Waals surface area (Å²) in [5, 5.41) is 10.7. The highest BCUT2D eigenvalue weighted by atomic mass is 79.9. The van der Waals surface area contributed by atoms with E-state index >= 15 is 0 Å². The van der Waals surface area contributed by atoms with Gasteiger partial charge in [0.1, 0.15) is 5.82 Å². The molecule has 0 unspecified atom stereocenters. The molecule has 0 fully saturated rings. The van der Waals surface area contributed by atoms with Crippen molar-refractivity contribution in [3.63, 3.8) is 0 Å². The summed E-state index contributed by atoms with van der Waals surface area (Å²) in [4.78, 5) is 21.6. The van der Waals surface area contributed by atoms with Crippen LogP contribution in [0.3, 0.4) is 0 Å². The topological polar surface area (TPSA) is 66.4 Å². The van der Waals surface area contributed by atoms with Gasteiger partial charge in [-0.05, 0) is 18.2 Å². The van der Waals surface area contributed by atoms with Gasteiger partial charge < -0.3 is 10.4 Å². The molecule has 86 valence electrons. The van der Waals surface area contributed by atoms with Gasteiger partial charge in [0.15, 0.2) is 0 Å². The second-order valence-electron chi connectivity index (χ2n) is 3.02. The first kappa shape index (κ1) is 12.6. The molecule has 6 heteroatoms. The predicted molar refractivity (Wildman–Crippen MR) is 58.7 cm³/mol. The first-order valence-electron chi connectivity index (χ1n) is 4.45. The van der Waals surface area contributed by atoms with Gasteiger partial charge in [0.05, 0.1) is 12.0 Å². The Hall–Kier alpha value is -1.43. The highest BCUT2D eigenvalue weighted by Crippen LogP contribution is 2.14. The number of halogens is 2. The molecule has 1 aromatic rings. The summed E-state index contributed by atoms with van der Waals surface area (Å²) in [6.07, 6.45) is -0.191. The molecule has 1 aromatic carbocycles. The zero-order chi connectivity index (χ0) is 12.1. The normalized spacial score (nSPS) is 9.88. The molecule has 0 spiro atoms. The largest absolute Gasteiger partial charge is 0.481 e. The van der Waals surface area contributed by atoms with Crippen LogP contribution in [0.2, 0.25) is 0 Å². The van der Waals surface area contributed by atoms with Crippen molar-refractivity contribution in [3.8, 4) is 0 Å². The zero-order valence-electron chi connectivity index (χ0n) is 8.17. The standard InChI is InChI=1S/C10H9BrFNO3/c11-6-1-2-7(8(12)5-6)10(16)13-4-3-9(14)15/h1-2,5H,3-4H2,(H,13,16)(H,14,15). The molecular weight excluding hydrogens is 281 g/mol. The lowest BCUT2D eigenvalue weighted by atomic mass is 10.2. The zero-order valence-corrected chi connectivity index (χ0v) is 9.75. The number of benzene rings is 1. The van der Waals surface area contributed by atoms with E-state index in [1.165, 1.54) is 18.2 Å². The van der Waals surface area contributed by atoms with Crippen LogP contribution in [0.15, 0.2) is 22.7 Å². The van der Waals surface area contributed by atoms with Gasteiger partial charge in [0.25, 0.3) is 5.91 Å². The maximum absolute atomic E-state index is 13.3. The number of hydrogen-bond acceptors (Lipinski definition) is 2. The van der Waals surface area contributed by atoms with E-state index in [2.05, 4.69) is 21.2 Å². The highest BCUT2D eigenvalue weighted by Gasteiger charge is 2.11. The van der Waals surface area contributed by atoms with Crippen LogP contribution in [-0.2, 0) is 4.79 Å². The number of amides is 1. The van der Waals surface area contributed by atoms with Crippen LogP contribution in [0.1, 0.15) is 16.8 Å². The van der Waals surface area contributed by atoms with Crippen molar-refractivity contribution >= 4 is 27.8 Å². The quantitative estimate of drug-likeness (QED) is 0.888. The molecular formula is C10H9BrFNO3. The van der Waals surface area contributed by atoms with E-state index in [0.717, 1.165) is 0 Å². The second kappa shape index (κ2) is 5.60. The average Bonchev–Trinajstić information content (AvgIpc) is 2.16. The monoisotopic (exact) mass is 289 g/mol. The molecule has 0 atom stereocenters. The van der Waals surface area contributed by atoms with Crippen molar-refractivity contribution < 1.29 is 19.1 Å². The van der Waals surface area contributed by atoms with Crippen molar-refractivity contribution in [2.75, 3.05) is 6.54 Å². The Balaban J connectivity index is 2.63. The van der Waals surface area contributed by atoms with Crippen molar-refractivity contribution in [1.29, 1.82) is 0 Å². The fourth-order valence-corrected chi connectivity index (χ4v) is 1.38. The molecule has 16 heavy (non-hydrogen) atoms. The van der Waals surface area contributed by atoms with Crippen LogP contribution in [-0.4, -0.2) is 23.5 Å². The number of aliphatic carboxylic acids is 1. The van der Waals surface area contributed by atoms with Crippen LogP contribution in [0.4, 0.5) is 4.39 Å². The van der Waals surface area contributed by atoms with Gasteiger partial charge in [0.2, 0.25) is 0 Å². The number of nitrogens with one attached hydrogen (secondary N) is 1. The SMILES string of the molecule is O=C(O)CCNC(=O)c1ccc(Br)cc1F. The minimum absolute atomic E-state index is 0.0241. The first-order valence-corrected chi connectivity index (χ1v) is 5.25. The Morgan fingerprint density at radius 3 is 2.69 bits per heavy atom. The molecule has 0 radical (unpaired) electrons. The fourth-order valence-electron chi connectivity index (χ4n) is 1.05. The molecule has 0 saturated heterocycles. The minimum Gasteiger partial charge on any atom is -0.481 e. The smallest absolute Gasteiger partial charge is 0.305 e. The molecule has 0 saturated carbocycles. The van der Waals surface area contributed by atoms with Gasteiger partial charge in [-0.2, -0.15) is 0 Å². The van der Waals surface area contributed by atoms with E-state index in [1.54, 1.807) is 0 Å². The van der Waals surface area contributed by atoms with E-state index in [-0.39, 0.29) is 18.5 Å². The summed E-state index contributed by atoms with van der Waals surface area (Å²) in [5.74, 6) is -2.29. The summed E-state index contributed by atoms with van der Waals surface area (Å²) in [7, 11) is 0. The van der Waals surface area contributed by atoms with Gasteiger partial charge in [-0.1, -0.05) is 15.9 Å². The maximum atomic E-state index is 13.3. The van der Waals surface area contributed by atoms with Gasteiger partial charge >= 0.3 is 5.97 Å². The molecule has 1 rings (SSSR count). The number of hydrogen-bond donors (Lipinski definition) is 2. The lowest BCUT2D eigenvalue weighted by molar-refractivity contribution is -0.136. The number of carbonyl (C=O) groups excluding carboxylic acids is 1. The number of carboxylic acids is 1. The number of rotatable bonds is 4. The highest BCUT2D eigenvalue weighted by molar-refractivity contribution is 9.10.